The summed E-state index contributed by atoms with van der Waals surface area (Å²) in [4.78, 5) is 34.6. The third kappa shape index (κ3) is 3.33. The zero-order valence-electron chi connectivity index (χ0n) is 16.0. The summed E-state index contributed by atoms with van der Waals surface area (Å²) in [6, 6.07) is 9.23. The summed E-state index contributed by atoms with van der Waals surface area (Å²) in [5.74, 6) is -0.108. The van der Waals surface area contributed by atoms with Crippen LogP contribution in [0.2, 0.25) is 0 Å². The lowest BCUT2D eigenvalue weighted by molar-refractivity contribution is -0.116. The van der Waals surface area contributed by atoms with E-state index < -0.39 is 5.92 Å². The predicted molar refractivity (Wildman–Crippen MR) is 106 cm³/mol. The fourth-order valence-corrected chi connectivity index (χ4v) is 3.96. The molecule has 1 atom stereocenters. The van der Waals surface area contributed by atoms with Gasteiger partial charge in [-0.05, 0) is 50.5 Å². The molecule has 2 N–H and O–H groups in total. The number of Topliss-reactive ketones (excluding diaryl/α,β-unsaturated/α-hetero) is 1. The molecule has 1 aliphatic carbocycles. The summed E-state index contributed by atoms with van der Waals surface area (Å²) in [6.45, 7) is 3.75. The molecular weight excluding hydrogens is 352 g/mol. The number of carbonyl (C=O) groups is 2. The molecule has 2 aliphatic rings. The number of ketones is 1. The number of allylic oxidation sites excluding steroid dienone is 3. The molecule has 0 spiro atoms. The Balaban J connectivity index is 1.77. The topological polar surface area (TPSA) is 84.0 Å². The zero-order valence-corrected chi connectivity index (χ0v) is 16.0. The van der Waals surface area contributed by atoms with Crippen molar-refractivity contribution in [2.75, 3.05) is 5.32 Å². The van der Waals surface area contributed by atoms with Crippen molar-refractivity contribution in [1.82, 2.24) is 15.3 Å². The molecule has 2 aromatic rings. The number of amides is 1. The Morgan fingerprint density at radius 1 is 1.18 bits per heavy atom. The van der Waals surface area contributed by atoms with Gasteiger partial charge in [0.2, 0.25) is 0 Å². The first-order chi connectivity index (χ1) is 13.5. The van der Waals surface area contributed by atoms with E-state index in [0.29, 0.717) is 23.4 Å². The van der Waals surface area contributed by atoms with Crippen molar-refractivity contribution in [2.24, 2.45) is 0 Å². The molecule has 0 fully saturated rings. The number of carbonyl (C=O) groups excluding carboxylic acids is 2. The van der Waals surface area contributed by atoms with E-state index in [0.717, 1.165) is 35.5 Å². The second-order valence-electron chi connectivity index (χ2n) is 7.17. The van der Waals surface area contributed by atoms with Gasteiger partial charge in [-0.2, -0.15) is 0 Å². The minimum atomic E-state index is -0.428. The molecule has 142 valence electrons. The van der Waals surface area contributed by atoms with E-state index in [1.165, 1.54) is 0 Å². The van der Waals surface area contributed by atoms with Crippen molar-refractivity contribution in [3.05, 3.63) is 76.5 Å². The van der Waals surface area contributed by atoms with Crippen LogP contribution in [0.4, 0.5) is 5.82 Å². The molecule has 4 rings (SSSR count). The molecule has 3 heterocycles. The predicted octanol–water partition coefficient (Wildman–Crippen LogP) is 3.39. The van der Waals surface area contributed by atoms with Crippen molar-refractivity contribution >= 4 is 17.5 Å². The van der Waals surface area contributed by atoms with E-state index in [1.807, 2.05) is 38.1 Å². The molecule has 0 bridgehead atoms. The Morgan fingerprint density at radius 2 is 2.04 bits per heavy atom. The second-order valence-corrected chi connectivity index (χ2v) is 7.17. The number of dihydropyridines is 1. The third-order valence-electron chi connectivity index (χ3n) is 5.17. The van der Waals surface area contributed by atoms with Gasteiger partial charge < -0.3 is 10.6 Å². The first-order valence-electron chi connectivity index (χ1n) is 9.43. The minimum absolute atomic E-state index is 0.0917. The lowest BCUT2D eigenvalue weighted by Gasteiger charge is -2.34. The summed E-state index contributed by atoms with van der Waals surface area (Å²) >= 11 is 0. The highest BCUT2D eigenvalue weighted by Gasteiger charge is 2.38. The van der Waals surface area contributed by atoms with Crippen LogP contribution in [0.3, 0.4) is 0 Å². The molecule has 0 radical (unpaired) electrons. The summed E-state index contributed by atoms with van der Waals surface area (Å²) in [5.41, 5.74) is 4.56. The number of hydrogen-bond acceptors (Lipinski definition) is 5. The SMILES string of the molecule is CC1=C(C(=O)Nc2cccc(C)n2)[C@@H](c2cccnc2)C2=C(CCCC2=O)N1. The Bertz CT molecular complexity index is 1010. The molecule has 6 nitrogen and oxygen atoms in total. The first-order valence-corrected chi connectivity index (χ1v) is 9.43. The van der Waals surface area contributed by atoms with Gasteiger partial charge in [0.15, 0.2) is 5.78 Å². The van der Waals surface area contributed by atoms with Gasteiger partial charge >= 0.3 is 0 Å². The molecule has 28 heavy (non-hydrogen) atoms. The van der Waals surface area contributed by atoms with Gasteiger partial charge in [-0.1, -0.05) is 12.1 Å². The zero-order chi connectivity index (χ0) is 19.7. The lowest BCUT2D eigenvalue weighted by atomic mass is 9.75. The average Bonchev–Trinajstić information content (AvgIpc) is 2.67. The largest absolute Gasteiger partial charge is 0.362 e. The Kier molecular flexibility index (Phi) is 4.77. The normalized spacial score (nSPS) is 19.2. The van der Waals surface area contributed by atoms with E-state index in [-0.39, 0.29) is 11.7 Å². The quantitative estimate of drug-likeness (QED) is 0.860. The standard InChI is InChI=1S/C22H22N4O2/c1-13-6-3-10-18(24-13)26-22(28)19-14(2)25-16-8-4-9-17(27)21(16)20(19)15-7-5-11-23-12-15/h3,5-7,10-12,20,25H,4,8-9H2,1-2H3,(H,24,26,28)/t20-/m1/s1. The number of rotatable bonds is 3. The highest BCUT2D eigenvalue weighted by Crippen LogP contribution is 2.42. The molecule has 0 saturated carbocycles. The molecule has 0 aromatic carbocycles. The van der Waals surface area contributed by atoms with Gasteiger partial charge in [0, 0.05) is 53.0 Å². The van der Waals surface area contributed by atoms with Crippen molar-refractivity contribution in [2.45, 2.75) is 39.0 Å². The number of hydrogen-bond donors (Lipinski definition) is 2. The number of pyridine rings is 2. The van der Waals surface area contributed by atoms with Crippen molar-refractivity contribution < 1.29 is 9.59 Å². The average molecular weight is 374 g/mol. The first kappa shape index (κ1) is 18.1. The van der Waals surface area contributed by atoms with Gasteiger partial charge in [-0.25, -0.2) is 4.98 Å². The fourth-order valence-electron chi connectivity index (χ4n) is 3.96. The highest BCUT2D eigenvalue weighted by molar-refractivity contribution is 6.09. The van der Waals surface area contributed by atoms with Crippen LogP contribution in [-0.2, 0) is 9.59 Å². The smallest absolute Gasteiger partial charge is 0.255 e. The molecule has 0 saturated heterocycles. The molecule has 2 aromatic heterocycles. The minimum Gasteiger partial charge on any atom is -0.362 e. The molecular formula is C22H22N4O2. The Hall–Kier alpha value is -3.28. The van der Waals surface area contributed by atoms with E-state index in [2.05, 4.69) is 20.6 Å². The van der Waals surface area contributed by atoms with E-state index >= 15 is 0 Å². The lowest BCUT2D eigenvalue weighted by Crippen LogP contribution is -2.35. The number of aryl methyl sites for hydroxylation is 1. The van der Waals surface area contributed by atoms with Crippen molar-refractivity contribution in [3.8, 4) is 0 Å². The van der Waals surface area contributed by atoms with Crippen LogP contribution in [-0.4, -0.2) is 21.7 Å². The Labute approximate surface area is 163 Å². The summed E-state index contributed by atoms with van der Waals surface area (Å²) < 4.78 is 0. The molecule has 0 unspecified atom stereocenters. The summed E-state index contributed by atoms with van der Waals surface area (Å²) in [7, 11) is 0. The van der Waals surface area contributed by atoms with E-state index in [4.69, 9.17) is 0 Å². The van der Waals surface area contributed by atoms with E-state index in [1.54, 1.807) is 18.5 Å². The summed E-state index contributed by atoms with van der Waals surface area (Å²) in [5, 5.41) is 6.20. The highest BCUT2D eigenvalue weighted by atomic mass is 16.2. The van der Waals surface area contributed by atoms with Gasteiger partial charge in [0.05, 0.1) is 0 Å². The second kappa shape index (κ2) is 7.38. The van der Waals surface area contributed by atoms with Crippen LogP contribution >= 0.6 is 0 Å². The molecule has 1 amide bonds. The monoisotopic (exact) mass is 374 g/mol. The van der Waals surface area contributed by atoms with Gasteiger partial charge in [0.25, 0.3) is 5.91 Å². The van der Waals surface area contributed by atoms with Crippen LogP contribution < -0.4 is 10.6 Å². The van der Waals surface area contributed by atoms with Gasteiger partial charge in [-0.15, -0.1) is 0 Å². The van der Waals surface area contributed by atoms with Gasteiger partial charge in [-0.3, -0.25) is 14.6 Å². The number of nitrogens with one attached hydrogen (secondary N) is 2. The van der Waals surface area contributed by atoms with Crippen LogP contribution in [0.25, 0.3) is 0 Å². The van der Waals surface area contributed by atoms with Crippen molar-refractivity contribution in [3.63, 3.8) is 0 Å². The number of anilines is 1. The maximum absolute atomic E-state index is 13.3. The van der Waals surface area contributed by atoms with Crippen LogP contribution in [0.5, 0.6) is 0 Å². The van der Waals surface area contributed by atoms with Crippen LogP contribution in [0.1, 0.15) is 43.4 Å². The van der Waals surface area contributed by atoms with Crippen LogP contribution in [0, 0.1) is 6.92 Å². The third-order valence-corrected chi connectivity index (χ3v) is 5.17. The van der Waals surface area contributed by atoms with Gasteiger partial charge in [0.1, 0.15) is 5.82 Å². The summed E-state index contributed by atoms with van der Waals surface area (Å²) in [6.07, 6.45) is 5.56. The van der Waals surface area contributed by atoms with Crippen molar-refractivity contribution in [1.29, 1.82) is 0 Å². The maximum atomic E-state index is 13.3. The number of nitrogens with zero attached hydrogens (tertiary/aromatic N) is 2. The number of aromatic nitrogens is 2. The van der Waals surface area contributed by atoms with Crippen LogP contribution in [0.15, 0.2) is 65.3 Å². The Morgan fingerprint density at radius 3 is 2.79 bits per heavy atom. The molecule has 1 aliphatic heterocycles. The fraction of sp³-hybridized carbons (Fsp3) is 0.273. The molecule has 6 heteroatoms. The van der Waals surface area contributed by atoms with E-state index in [9.17, 15) is 9.59 Å². The maximum Gasteiger partial charge on any atom is 0.255 e.